The van der Waals surface area contributed by atoms with Crippen LogP contribution in [-0.2, 0) is 6.54 Å². The van der Waals surface area contributed by atoms with Gasteiger partial charge in [0.15, 0.2) is 0 Å². The third kappa shape index (κ3) is 3.89. The van der Waals surface area contributed by atoms with Gasteiger partial charge in [-0.3, -0.25) is 10.4 Å². The Kier molecular flexibility index (Phi) is 4.86. The first-order valence-corrected chi connectivity index (χ1v) is 5.30. The zero-order valence-electron chi connectivity index (χ0n) is 10.1. The minimum Gasteiger partial charge on any atom is -0.405 e. The van der Waals surface area contributed by atoms with E-state index in [1.807, 2.05) is 0 Å². The predicted molar refractivity (Wildman–Crippen MR) is 70.5 cm³/mol. The molecule has 5 nitrogen and oxygen atoms in total. The van der Waals surface area contributed by atoms with E-state index in [-0.39, 0.29) is 23.9 Å². The normalized spacial score (nSPS) is 11.8. The number of nitrogens with one attached hydrogen (secondary N) is 1. The van der Waals surface area contributed by atoms with E-state index in [0.29, 0.717) is 5.56 Å². The van der Waals surface area contributed by atoms with Crippen LogP contribution in [0.1, 0.15) is 5.56 Å². The van der Waals surface area contributed by atoms with Gasteiger partial charge < -0.3 is 11.5 Å². The highest BCUT2D eigenvalue weighted by Gasteiger charge is 2.05. The summed E-state index contributed by atoms with van der Waals surface area (Å²) in [6, 6.07) is 6.44. The molecule has 0 heterocycles. The van der Waals surface area contributed by atoms with E-state index in [1.165, 1.54) is 23.4 Å². The van der Waals surface area contributed by atoms with Gasteiger partial charge in [-0.15, -0.1) is 0 Å². The molecular weight excluding hydrogens is 233 g/mol. The molecule has 0 fully saturated rings. The number of rotatable bonds is 5. The fourth-order valence-electron chi connectivity index (χ4n) is 1.36. The van der Waals surface area contributed by atoms with Gasteiger partial charge in [-0.25, -0.2) is 4.39 Å². The molecule has 96 valence electrons. The van der Waals surface area contributed by atoms with E-state index in [4.69, 9.17) is 16.9 Å². The third-order valence-electron chi connectivity index (χ3n) is 2.17. The molecule has 0 bridgehead atoms. The molecule has 0 saturated heterocycles. The summed E-state index contributed by atoms with van der Waals surface area (Å²) in [5, 5.41) is 12.9. The summed E-state index contributed by atoms with van der Waals surface area (Å²) in [5.41, 5.74) is 11.3. The molecule has 0 aliphatic rings. The van der Waals surface area contributed by atoms with Gasteiger partial charge >= 0.3 is 0 Å². The number of hydrogen-bond acceptors (Lipinski definition) is 4. The highest BCUT2D eigenvalue weighted by molar-refractivity contribution is 6.43. The fourth-order valence-corrected chi connectivity index (χ4v) is 1.36. The van der Waals surface area contributed by atoms with E-state index in [0.717, 1.165) is 0 Å². The lowest BCUT2D eigenvalue weighted by Gasteiger charge is -2.14. The monoisotopic (exact) mass is 249 g/mol. The Morgan fingerprint density at radius 1 is 1.50 bits per heavy atom. The number of benzene rings is 1. The lowest BCUT2D eigenvalue weighted by atomic mass is 10.2. The Bertz CT molecular complexity index is 481. The van der Waals surface area contributed by atoms with Crippen molar-refractivity contribution < 1.29 is 4.39 Å². The van der Waals surface area contributed by atoms with Crippen LogP contribution in [0.5, 0.6) is 0 Å². The minimum atomic E-state index is -0.293. The molecule has 6 heteroatoms. The van der Waals surface area contributed by atoms with Gasteiger partial charge in [-0.1, -0.05) is 18.2 Å². The molecule has 18 heavy (non-hydrogen) atoms. The van der Waals surface area contributed by atoms with Crippen LogP contribution in [0.3, 0.4) is 0 Å². The van der Waals surface area contributed by atoms with Gasteiger partial charge in [-0.05, 0) is 18.3 Å². The molecule has 0 aliphatic carbocycles. The van der Waals surface area contributed by atoms with E-state index >= 15 is 0 Å². The SMILES string of the molecule is CN(Cc1ccccc1F)/N=C(\C=C\N)C(=N)N. The topological polar surface area (TPSA) is 91.5 Å². The summed E-state index contributed by atoms with van der Waals surface area (Å²) in [5.74, 6) is -0.490. The van der Waals surface area contributed by atoms with Crippen LogP contribution in [0.15, 0.2) is 41.6 Å². The number of halogens is 1. The molecule has 0 aromatic heterocycles. The zero-order chi connectivity index (χ0) is 13.5. The summed E-state index contributed by atoms with van der Waals surface area (Å²) in [7, 11) is 1.67. The zero-order valence-corrected chi connectivity index (χ0v) is 10.1. The summed E-state index contributed by atoms with van der Waals surface area (Å²) in [4.78, 5) is 0. The first kappa shape index (κ1) is 13.7. The molecule has 0 saturated carbocycles. The molecule has 0 amide bonds. The Morgan fingerprint density at radius 3 is 2.72 bits per heavy atom. The second-order valence-electron chi connectivity index (χ2n) is 3.67. The van der Waals surface area contributed by atoms with Crippen molar-refractivity contribution in [3.05, 3.63) is 47.9 Å². The van der Waals surface area contributed by atoms with Crippen LogP contribution in [0, 0.1) is 11.2 Å². The van der Waals surface area contributed by atoms with E-state index in [9.17, 15) is 4.39 Å². The van der Waals surface area contributed by atoms with Crippen molar-refractivity contribution in [1.29, 1.82) is 5.41 Å². The maximum absolute atomic E-state index is 13.4. The molecule has 0 radical (unpaired) electrons. The van der Waals surface area contributed by atoms with Gasteiger partial charge in [0, 0.05) is 12.6 Å². The lowest BCUT2D eigenvalue weighted by Crippen LogP contribution is -2.24. The van der Waals surface area contributed by atoms with Gasteiger partial charge in [0.05, 0.1) is 6.54 Å². The van der Waals surface area contributed by atoms with E-state index in [1.54, 1.807) is 25.2 Å². The molecule has 5 N–H and O–H groups in total. The Labute approximate surface area is 105 Å². The van der Waals surface area contributed by atoms with Crippen LogP contribution < -0.4 is 11.5 Å². The van der Waals surface area contributed by atoms with E-state index in [2.05, 4.69) is 5.10 Å². The maximum atomic E-state index is 13.4. The quantitative estimate of drug-likeness (QED) is 0.413. The average Bonchev–Trinajstić information content (AvgIpc) is 2.31. The van der Waals surface area contributed by atoms with Crippen molar-refractivity contribution in [2.45, 2.75) is 6.54 Å². The summed E-state index contributed by atoms with van der Waals surface area (Å²) < 4.78 is 13.4. The van der Waals surface area contributed by atoms with Crippen molar-refractivity contribution in [1.82, 2.24) is 5.01 Å². The largest absolute Gasteiger partial charge is 0.405 e. The molecule has 0 aliphatic heterocycles. The van der Waals surface area contributed by atoms with Crippen LogP contribution >= 0.6 is 0 Å². The number of hydrazone groups is 1. The van der Waals surface area contributed by atoms with Gasteiger partial charge in [0.2, 0.25) is 0 Å². The van der Waals surface area contributed by atoms with Crippen molar-refractivity contribution in [3.63, 3.8) is 0 Å². The molecular formula is C12H16FN5. The first-order chi connectivity index (χ1) is 8.54. The highest BCUT2D eigenvalue weighted by atomic mass is 19.1. The molecule has 0 spiro atoms. The first-order valence-electron chi connectivity index (χ1n) is 5.30. The second-order valence-corrected chi connectivity index (χ2v) is 3.67. The van der Waals surface area contributed by atoms with Crippen LogP contribution in [-0.4, -0.2) is 23.6 Å². The molecule has 1 rings (SSSR count). The fraction of sp³-hybridized carbons (Fsp3) is 0.167. The van der Waals surface area contributed by atoms with Crippen molar-refractivity contribution in [3.8, 4) is 0 Å². The summed E-state index contributed by atoms with van der Waals surface area (Å²) in [6.07, 6.45) is 2.66. The molecule has 0 unspecified atom stereocenters. The molecule has 1 aromatic carbocycles. The number of nitrogens with two attached hydrogens (primary N) is 2. The smallest absolute Gasteiger partial charge is 0.143 e. The number of amidine groups is 1. The van der Waals surface area contributed by atoms with Gasteiger partial charge in [0.1, 0.15) is 17.4 Å². The Morgan fingerprint density at radius 2 is 2.17 bits per heavy atom. The summed E-state index contributed by atoms with van der Waals surface area (Å²) in [6.45, 7) is 0.280. The van der Waals surface area contributed by atoms with Crippen LogP contribution in [0.25, 0.3) is 0 Å². The standard InChI is InChI=1S/C12H16FN5/c1-18(17-11(6-7-14)12(15)16)8-9-4-2-3-5-10(9)13/h2-7H,8,14H2,1H3,(H3,15,16)/b7-6+,17-11+. The van der Waals surface area contributed by atoms with Gasteiger partial charge in [-0.2, -0.15) is 5.10 Å². The number of hydrogen-bond donors (Lipinski definition) is 3. The van der Waals surface area contributed by atoms with Gasteiger partial charge in [0.25, 0.3) is 0 Å². The predicted octanol–water partition coefficient (Wildman–Crippen LogP) is 1.02. The lowest BCUT2D eigenvalue weighted by molar-refractivity contribution is 0.341. The summed E-state index contributed by atoms with van der Waals surface area (Å²) >= 11 is 0. The third-order valence-corrected chi connectivity index (χ3v) is 2.17. The van der Waals surface area contributed by atoms with E-state index < -0.39 is 0 Å². The highest BCUT2D eigenvalue weighted by Crippen LogP contribution is 2.09. The number of nitrogens with zero attached hydrogens (tertiary/aromatic N) is 2. The average molecular weight is 249 g/mol. The maximum Gasteiger partial charge on any atom is 0.143 e. The second kappa shape index (κ2) is 6.39. The van der Waals surface area contributed by atoms with Crippen LogP contribution in [0.4, 0.5) is 4.39 Å². The van der Waals surface area contributed by atoms with Crippen molar-refractivity contribution in [2.24, 2.45) is 16.6 Å². The minimum absolute atomic E-state index is 0.197. The van der Waals surface area contributed by atoms with Crippen LogP contribution in [0.2, 0.25) is 0 Å². The Balaban J connectivity index is 2.82. The molecule has 0 atom stereocenters. The van der Waals surface area contributed by atoms with Crippen molar-refractivity contribution in [2.75, 3.05) is 7.05 Å². The van der Waals surface area contributed by atoms with Crippen molar-refractivity contribution >= 4 is 11.5 Å². The molecule has 1 aromatic rings. The Hall–Kier alpha value is -2.37.